The third-order valence-corrected chi connectivity index (χ3v) is 3.57. The first-order valence-electron chi connectivity index (χ1n) is 6.20. The van der Waals surface area contributed by atoms with Crippen LogP contribution in [0.1, 0.15) is 37.2 Å². The number of amides is 1. The maximum Gasteiger partial charge on any atom is 0.267 e. The summed E-state index contributed by atoms with van der Waals surface area (Å²) >= 11 is 0. The van der Waals surface area contributed by atoms with Crippen LogP contribution >= 0.6 is 0 Å². The fourth-order valence-electron chi connectivity index (χ4n) is 2.17. The quantitative estimate of drug-likeness (QED) is 0.828. The number of nitrogens with two attached hydrogens (primary N) is 2. The number of pyridine rings is 1. The Kier molecular flexibility index (Phi) is 3.15. The number of primary amides is 1. The third kappa shape index (κ3) is 2.55. The fourth-order valence-corrected chi connectivity index (χ4v) is 2.17. The summed E-state index contributed by atoms with van der Waals surface area (Å²) in [5.74, 6) is 0.162. The van der Waals surface area contributed by atoms with Crippen molar-refractivity contribution in [1.29, 1.82) is 0 Å². The minimum Gasteiger partial charge on any atom is -0.396 e. The first-order chi connectivity index (χ1) is 8.39. The van der Waals surface area contributed by atoms with E-state index in [0.29, 0.717) is 16.9 Å². The second-order valence-corrected chi connectivity index (χ2v) is 5.62. The van der Waals surface area contributed by atoms with E-state index in [2.05, 4.69) is 23.7 Å². The van der Waals surface area contributed by atoms with Gasteiger partial charge < -0.3 is 16.4 Å². The Morgan fingerprint density at radius 1 is 1.33 bits per heavy atom. The number of carbonyl (C=O) groups excluding carboxylic acids is 1. The van der Waals surface area contributed by atoms with Crippen LogP contribution in [-0.4, -0.2) is 24.0 Å². The lowest BCUT2D eigenvalue weighted by Gasteiger charge is -2.38. The molecule has 2 rings (SSSR count). The van der Waals surface area contributed by atoms with Crippen molar-refractivity contribution in [3.63, 3.8) is 0 Å². The van der Waals surface area contributed by atoms with Gasteiger partial charge in [0.05, 0.1) is 5.69 Å². The lowest BCUT2D eigenvalue weighted by atomic mass is 9.83. The van der Waals surface area contributed by atoms with Crippen LogP contribution in [0.25, 0.3) is 0 Å². The van der Waals surface area contributed by atoms with Gasteiger partial charge in [-0.1, -0.05) is 13.8 Å². The zero-order valence-corrected chi connectivity index (χ0v) is 10.9. The fraction of sp³-hybridized carbons (Fsp3) is 0.538. The largest absolute Gasteiger partial charge is 0.396 e. The molecule has 5 heteroatoms. The zero-order valence-electron chi connectivity index (χ0n) is 10.9. The van der Waals surface area contributed by atoms with E-state index >= 15 is 0 Å². The second kappa shape index (κ2) is 4.48. The van der Waals surface area contributed by atoms with E-state index < -0.39 is 5.91 Å². The minimum absolute atomic E-state index is 0.268. The molecule has 1 saturated heterocycles. The van der Waals surface area contributed by atoms with Crippen molar-refractivity contribution >= 4 is 17.4 Å². The van der Waals surface area contributed by atoms with E-state index in [0.717, 1.165) is 25.9 Å². The number of nitrogens with zero attached hydrogens (tertiary/aromatic N) is 2. The van der Waals surface area contributed by atoms with Gasteiger partial charge >= 0.3 is 0 Å². The Bertz CT molecular complexity index is 460. The van der Waals surface area contributed by atoms with Crippen molar-refractivity contribution in [1.82, 2.24) is 4.98 Å². The van der Waals surface area contributed by atoms with Crippen LogP contribution in [0, 0.1) is 5.41 Å². The first-order valence-corrected chi connectivity index (χ1v) is 6.20. The van der Waals surface area contributed by atoms with Gasteiger partial charge in [-0.15, -0.1) is 0 Å². The topological polar surface area (TPSA) is 85.2 Å². The van der Waals surface area contributed by atoms with Gasteiger partial charge in [-0.2, -0.15) is 0 Å². The summed E-state index contributed by atoms with van der Waals surface area (Å²) in [6.07, 6.45) is 2.18. The summed E-state index contributed by atoms with van der Waals surface area (Å²) < 4.78 is 0. The maximum atomic E-state index is 11.2. The summed E-state index contributed by atoms with van der Waals surface area (Å²) in [7, 11) is 0. The second-order valence-electron chi connectivity index (χ2n) is 5.62. The molecule has 0 spiro atoms. The van der Waals surface area contributed by atoms with Crippen molar-refractivity contribution in [3.8, 4) is 0 Å². The van der Waals surface area contributed by atoms with Crippen molar-refractivity contribution in [2.24, 2.45) is 11.1 Å². The van der Waals surface area contributed by atoms with Crippen LogP contribution in [0.4, 0.5) is 11.5 Å². The Morgan fingerprint density at radius 3 is 2.50 bits per heavy atom. The molecule has 98 valence electrons. The summed E-state index contributed by atoms with van der Waals surface area (Å²) in [4.78, 5) is 17.6. The van der Waals surface area contributed by atoms with Gasteiger partial charge in [0.15, 0.2) is 5.82 Å². The number of rotatable bonds is 2. The number of hydrogen-bond acceptors (Lipinski definition) is 4. The van der Waals surface area contributed by atoms with Gasteiger partial charge in [-0.25, -0.2) is 4.98 Å². The Hall–Kier alpha value is -1.78. The molecule has 2 heterocycles. The summed E-state index contributed by atoms with van der Waals surface area (Å²) in [5, 5.41) is 0. The average molecular weight is 248 g/mol. The van der Waals surface area contributed by atoms with Gasteiger partial charge in [-0.3, -0.25) is 4.79 Å². The molecule has 1 aromatic heterocycles. The van der Waals surface area contributed by atoms with Gasteiger partial charge in [0.1, 0.15) is 5.69 Å². The van der Waals surface area contributed by atoms with Gasteiger partial charge in [0.25, 0.3) is 5.91 Å². The number of anilines is 2. The Balaban J connectivity index is 2.23. The van der Waals surface area contributed by atoms with Crippen LogP contribution in [0.3, 0.4) is 0 Å². The predicted molar refractivity (Wildman–Crippen MR) is 72.4 cm³/mol. The molecule has 0 aromatic carbocycles. The highest BCUT2D eigenvalue weighted by Crippen LogP contribution is 2.33. The minimum atomic E-state index is -0.520. The van der Waals surface area contributed by atoms with E-state index in [9.17, 15) is 4.79 Å². The van der Waals surface area contributed by atoms with Crippen LogP contribution in [0.2, 0.25) is 0 Å². The van der Waals surface area contributed by atoms with E-state index in [1.807, 2.05) is 0 Å². The number of carbonyl (C=O) groups is 1. The Morgan fingerprint density at radius 2 is 1.94 bits per heavy atom. The highest BCUT2D eigenvalue weighted by molar-refractivity contribution is 5.91. The third-order valence-electron chi connectivity index (χ3n) is 3.57. The normalized spacial score (nSPS) is 18.7. The average Bonchev–Trinajstić information content (AvgIpc) is 2.30. The molecule has 1 aromatic rings. The van der Waals surface area contributed by atoms with E-state index in [4.69, 9.17) is 11.5 Å². The van der Waals surface area contributed by atoms with Crippen LogP contribution in [0.15, 0.2) is 12.1 Å². The molecule has 0 atom stereocenters. The molecule has 0 unspecified atom stereocenters. The molecule has 5 nitrogen and oxygen atoms in total. The highest BCUT2D eigenvalue weighted by atomic mass is 16.1. The molecule has 1 fully saturated rings. The van der Waals surface area contributed by atoms with Gasteiger partial charge in [0, 0.05) is 13.1 Å². The lowest BCUT2D eigenvalue weighted by Crippen LogP contribution is -2.38. The monoisotopic (exact) mass is 248 g/mol. The molecule has 1 amide bonds. The van der Waals surface area contributed by atoms with Gasteiger partial charge in [-0.05, 0) is 30.4 Å². The SMILES string of the molecule is CC1(C)CCN(c2nc(C(N)=O)ccc2N)CC1. The summed E-state index contributed by atoms with van der Waals surface area (Å²) in [6, 6.07) is 3.26. The Labute approximate surface area is 107 Å². The molecule has 0 aliphatic carbocycles. The smallest absolute Gasteiger partial charge is 0.267 e. The van der Waals surface area contributed by atoms with Crippen molar-refractivity contribution in [2.45, 2.75) is 26.7 Å². The van der Waals surface area contributed by atoms with Crippen LogP contribution in [0.5, 0.6) is 0 Å². The summed E-state index contributed by atoms with van der Waals surface area (Å²) in [6.45, 7) is 6.35. The zero-order chi connectivity index (χ0) is 13.3. The standard InChI is InChI=1S/C13H20N4O/c1-13(2)5-7-17(8-6-13)12-9(14)3-4-10(16-12)11(15)18/h3-4H,5-8,14H2,1-2H3,(H2,15,18). The van der Waals surface area contributed by atoms with Crippen molar-refractivity contribution < 1.29 is 4.79 Å². The molecule has 0 radical (unpaired) electrons. The van der Waals surface area contributed by atoms with E-state index in [-0.39, 0.29) is 5.69 Å². The molecule has 0 bridgehead atoms. The number of piperidine rings is 1. The van der Waals surface area contributed by atoms with Crippen molar-refractivity contribution in [2.75, 3.05) is 23.7 Å². The lowest BCUT2D eigenvalue weighted by molar-refractivity contribution is 0.0995. The van der Waals surface area contributed by atoms with Crippen molar-refractivity contribution in [3.05, 3.63) is 17.8 Å². The molecular formula is C13H20N4O. The molecule has 4 N–H and O–H groups in total. The number of aromatic nitrogens is 1. The van der Waals surface area contributed by atoms with E-state index in [1.54, 1.807) is 12.1 Å². The molecule has 18 heavy (non-hydrogen) atoms. The van der Waals surface area contributed by atoms with Crippen LogP contribution < -0.4 is 16.4 Å². The molecule has 1 aliphatic heterocycles. The summed E-state index contributed by atoms with van der Waals surface area (Å²) in [5.41, 5.74) is 12.4. The molecular weight excluding hydrogens is 228 g/mol. The first kappa shape index (κ1) is 12.7. The van der Waals surface area contributed by atoms with Crippen LogP contribution in [-0.2, 0) is 0 Å². The maximum absolute atomic E-state index is 11.2. The highest BCUT2D eigenvalue weighted by Gasteiger charge is 2.27. The number of nitrogen functional groups attached to an aromatic ring is 1. The van der Waals surface area contributed by atoms with Gasteiger partial charge in [0.2, 0.25) is 0 Å². The number of hydrogen-bond donors (Lipinski definition) is 2. The van der Waals surface area contributed by atoms with E-state index in [1.165, 1.54) is 0 Å². The molecule has 0 saturated carbocycles. The molecule has 1 aliphatic rings. The predicted octanol–water partition coefficient (Wildman–Crippen LogP) is 1.39.